The van der Waals surface area contributed by atoms with Crippen LogP contribution in [0.1, 0.15) is 44.6 Å². The van der Waals surface area contributed by atoms with Gasteiger partial charge in [0.15, 0.2) is 0 Å². The van der Waals surface area contributed by atoms with Crippen molar-refractivity contribution < 1.29 is 74.5 Å². The minimum absolute atomic E-state index is 0. The van der Waals surface area contributed by atoms with Gasteiger partial charge in [-0.1, -0.05) is 41.5 Å². The average Bonchev–Trinajstić information content (AvgIpc) is 1.33. The van der Waals surface area contributed by atoms with Gasteiger partial charge in [-0.25, -0.2) is 0 Å². The van der Waals surface area contributed by atoms with Crippen molar-refractivity contribution >= 4 is 136 Å². The molecule has 0 unspecified atom stereocenters. The topological polar surface area (TPSA) is 266 Å². The smallest absolute Gasteiger partial charge is 0.657 e. The Bertz CT molecular complexity index is 4340. The number of benzene rings is 9. The molecule has 0 radical (unpaired) electrons. The third kappa shape index (κ3) is 16.8. The minimum Gasteiger partial charge on any atom is -0.657 e. The number of ether oxygens (including phenoxy) is 3. The largest absolute Gasteiger partial charge is 1.00 e. The zero-order valence-corrected chi connectivity index (χ0v) is 53.9. The molecular weight excluding hydrogens is 1180 g/mol. The van der Waals surface area contributed by atoms with Gasteiger partial charge in [0.25, 0.3) is 20.2 Å². The van der Waals surface area contributed by atoms with Crippen molar-refractivity contribution in [2.24, 2.45) is 30.7 Å². The number of rotatable bonds is 20. The van der Waals surface area contributed by atoms with E-state index >= 15 is 0 Å². The van der Waals surface area contributed by atoms with E-state index in [1.807, 2.05) is 107 Å². The Balaban J connectivity index is 0.000000386. The van der Waals surface area contributed by atoms with Gasteiger partial charge in [0, 0.05) is 50.9 Å². The number of nitrogens with one attached hydrogen (secondary N) is 2. The zero-order chi connectivity index (χ0) is 61.2. The van der Waals surface area contributed by atoms with Crippen LogP contribution < -0.4 is 54.4 Å². The van der Waals surface area contributed by atoms with Crippen LogP contribution in [0.25, 0.3) is 26.9 Å². The number of para-hydroxylation sites is 1. The van der Waals surface area contributed by atoms with Gasteiger partial charge in [0.2, 0.25) is 0 Å². The number of azo groups is 3. The number of methoxy groups -OCH3 is 2. The summed E-state index contributed by atoms with van der Waals surface area (Å²) in [6.45, 7) is 9.51. The first kappa shape index (κ1) is 65.8. The molecule has 0 saturated heterocycles. The average molecular weight is 1240 g/mol. The first-order chi connectivity index (χ1) is 40.5. The van der Waals surface area contributed by atoms with Crippen LogP contribution in [0.15, 0.2) is 185 Å². The van der Waals surface area contributed by atoms with Crippen molar-refractivity contribution in [2.75, 3.05) is 44.3 Å². The van der Waals surface area contributed by atoms with Gasteiger partial charge >= 0.3 is 29.6 Å². The molecule has 4 N–H and O–H groups in total. The Hall–Kier alpha value is -7.71. The molecule has 438 valence electrons. The van der Waals surface area contributed by atoms with Crippen molar-refractivity contribution in [1.82, 2.24) is 0 Å². The fraction of sp³-hybridized carbons (Fsp3) is 0.177. The summed E-state index contributed by atoms with van der Waals surface area (Å²) in [6, 6.07) is 41.8. The number of carbonyl (C=O) groups excluding carboxylic acids is 1. The second kappa shape index (κ2) is 29.1. The molecule has 9 rings (SSSR count). The number of thiol groups is 2. The van der Waals surface area contributed by atoms with Crippen LogP contribution in [0.2, 0.25) is 0 Å². The standard InChI is InChI=1S/C48H44N8O6S.C14H17NO4S3.Na/c1-28-19-33(27-57)13-17-39(28)52-51-37-15-18-40(45(25-37)61-6)53-54-43-21-29(2)41(20-31(43)4)50-42-26-46(62-7)44(22-30(42)3)55-56-48-32(5)38-16-14-36(49-35-11-9-8-10-12-35)23-34(38)24-47(48)63(58,59)60;1-15-12-8-11-9(6-14(12)21)5-10(20)7-13(11)19-3-2-4-22(16,17)18;/h8-27H,1-7H3,(H3,49,50,51,52,53,54,55,56,57,58,59,60);5-8,15,20-21H,2-4H2,1H3,(H,16,17,18);/q;;+1/p-1. The van der Waals surface area contributed by atoms with E-state index in [4.69, 9.17) is 24.1 Å². The van der Waals surface area contributed by atoms with E-state index in [0.29, 0.717) is 73.6 Å². The molecule has 0 saturated carbocycles. The van der Waals surface area contributed by atoms with Crippen LogP contribution in [-0.4, -0.2) is 65.9 Å². The number of fused-ring (bicyclic) bond motifs is 2. The number of aldehydes is 1. The Morgan fingerprint density at radius 2 is 1.23 bits per heavy atom. The molecule has 0 spiro atoms. The van der Waals surface area contributed by atoms with Crippen molar-refractivity contribution in [3.05, 3.63) is 178 Å². The fourth-order valence-corrected chi connectivity index (χ4v) is 10.7. The van der Waals surface area contributed by atoms with Crippen LogP contribution in [0.3, 0.4) is 0 Å². The molecule has 0 bridgehead atoms. The van der Waals surface area contributed by atoms with Gasteiger partial charge in [-0.2, -0.15) is 32.2 Å². The Labute approximate surface area is 532 Å². The molecule has 24 heteroatoms. The molecule has 0 aromatic heterocycles. The SMILES string of the molecule is CNc1cc2c(OCCCS(=O)(=O)O)cc(S)cc2cc1S.COc1cc(N=Nc2ccc(C=O)cc2C)ccc1N=Nc1cc(C)c([N-]c2cc(OC)c(N=Nc3c(S(=O)(=O)O)cc4cc(Nc5ccccc5)ccc4c3C)cc2C)cc1C.[Na+]. The molecule has 0 aliphatic heterocycles. The van der Waals surface area contributed by atoms with Crippen LogP contribution in [0.5, 0.6) is 17.2 Å². The van der Waals surface area contributed by atoms with Gasteiger partial charge < -0.3 is 30.2 Å². The first-order valence-electron chi connectivity index (χ1n) is 26.2. The summed E-state index contributed by atoms with van der Waals surface area (Å²) in [5, 5.41) is 40.9. The zero-order valence-electron chi connectivity index (χ0n) is 48.5. The summed E-state index contributed by atoms with van der Waals surface area (Å²) in [7, 11) is -3.80. The van der Waals surface area contributed by atoms with Gasteiger partial charge in [-0.15, -0.1) is 52.0 Å². The van der Waals surface area contributed by atoms with Gasteiger partial charge in [0.1, 0.15) is 45.5 Å². The maximum atomic E-state index is 12.7. The van der Waals surface area contributed by atoms with Crippen LogP contribution in [0, 0.1) is 34.6 Å². The number of hydrogen-bond acceptors (Lipinski definition) is 18. The number of carbonyl (C=O) groups is 1. The molecule has 86 heavy (non-hydrogen) atoms. The normalized spacial score (nSPS) is 11.6. The summed E-state index contributed by atoms with van der Waals surface area (Å²) < 4.78 is 82.8. The minimum atomic E-state index is -4.69. The predicted molar refractivity (Wildman–Crippen MR) is 341 cm³/mol. The van der Waals surface area contributed by atoms with Crippen LogP contribution >= 0.6 is 25.3 Å². The van der Waals surface area contributed by atoms with Gasteiger partial charge in [-0.3, -0.25) is 13.9 Å². The summed E-state index contributed by atoms with van der Waals surface area (Å²) in [6.07, 6.45) is 1.000. The molecular formula is C62H60N9NaO10S4. The van der Waals surface area contributed by atoms with E-state index in [1.54, 1.807) is 75.7 Å². The van der Waals surface area contributed by atoms with Crippen LogP contribution in [0.4, 0.5) is 62.6 Å². The Kier molecular flexibility index (Phi) is 22.3. The van der Waals surface area contributed by atoms with E-state index in [-0.39, 0.29) is 58.9 Å². The maximum Gasteiger partial charge on any atom is 1.00 e. The molecule has 19 nitrogen and oxygen atoms in total. The van der Waals surface area contributed by atoms with E-state index < -0.39 is 20.2 Å². The molecule has 0 fully saturated rings. The van der Waals surface area contributed by atoms with E-state index in [0.717, 1.165) is 71.6 Å². The second-order valence-electron chi connectivity index (χ2n) is 19.5. The summed E-state index contributed by atoms with van der Waals surface area (Å²) in [5.41, 5.74) is 10.9. The summed E-state index contributed by atoms with van der Waals surface area (Å²) in [4.78, 5) is 12.3. The van der Waals surface area contributed by atoms with Crippen molar-refractivity contribution in [2.45, 2.75) is 55.7 Å². The Morgan fingerprint density at radius 1 is 0.593 bits per heavy atom. The van der Waals surface area contributed by atoms with E-state index in [2.05, 4.69) is 66.6 Å². The predicted octanol–water partition coefficient (Wildman–Crippen LogP) is 14.9. The van der Waals surface area contributed by atoms with Crippen molar-refractivity contribution in [3.63, 3.8) is 0 Å². The van der Waals surface area contributed by atoms with Crippen molar-refractivity contribution in [1.29, 1.82) is 0 Å². The molecule has 0 heterocycles. The fourth-order valence-electron chi connectivity index (χ4n) is 8.89. The number of anilines is 3. The molecule has 0 atom stereocenters. The third-order valence-electron chi connectivity index (χ3n) is 13.3. The van der Waals surface area contributed by atoms with E-state index in [9.17, 15) is 26.2 Å². The number of hydrogen-bond donors (Lipinski definition) is 6. The molecule has 9 aromatic rings. The number of nitrogens with zero attached hydrogens (tertiary/aromatic N) is 7. The second-order valence-corrected chi connectivity index (χ2v) is 23.5. The quantitative estimate of drug-likeness (QED) is 0.0104. The monoisotopic (exact) mass is 1240 g/mol. The summed E-state index contributed by atoms with van der Waals surface area (Å²) in [5.74, 6) is 1.11. The van der Waals surface area contributed by atoms with Crippen LogP contribution in [-0.2, 0) is 20.2 Å². The molecule has 0 amide bonds. The van der Waals surface area contributed by atoms with Gasteiger partial charge in [-0.05, 0) is 177 Å². The van der Waals surface area contributed by atoms with E-state index in [1.165, 1.54) is 13.2 Å². The Morgan fingerprint density at radius 3 is 1.91 bits per heavy atom. The summed E-state index contributed by atoms with van der Waals surface area (Å²) >= 11 is 8.76. The molecule has 0 aliphatic carbocycles. The van der Waals surface area contributed by atoms with Crippen molar-refractivity contribution in [3.8, 4) is 17.2 Å². The molecule has 9 aromatic carbocycles. The maximum absolute atomic E-state index is 12.7. The number of aryl methyl sites for hydroxylation is 5. The van der Waals surface area contributed by atoms with Gasteiger partial charge in [0.05, 0.1) is 43.6 Å². The first-order valence-corrected chi connectivity index (χ1v) is 30.1. The molecule has 0 aliphatic rings. The third-order valence-corrected chi connectivity index (χ3v) is 15.6.